The average Bonchev–Trinajstić information content (AvgIpc) is 2.33. The van der Waals surface area contributed by atoms with Crippen molar-refractivity contribution in [1.29, 1.82) is 0 Å². The van der Waals surface area contributed by atoms with Crippen molar-refractivity contribution < 1.29 is 19.0 Å². The molecule has 0 bridgehead atoms. The number of aryl methyl sites for hydroxylation is 1. The zero-order valence-electron chi connectivity index (χ0n) is 9.98. The van der Waals surface area contributed by atoms with E-state index in [0.717, 1.165) is 0 Å². The number of benzene rings is 2. The van der Waals surface area contributed by atoms with E-state index in [-0.39, 0.29) is 17.1 Å². The fraction of sp³-hybridized carbons (Fsp3) is 0.0714. The second-order valence-electron chi connectivity index (χ2n) is 3.96. The second kappa shape index (κ2) is 5.28. The average molecular weight is 281 g/mol. The Kier molecular flexibility index (Phi) is 3.71. The van der Waals surface area contributed by atoms with Crippen molar-refractivity contribution in [1.82, 2.24) is 0 Å². The van der Waals surface area contributed by atoms with Crippen molar-refractivity contribution in [3.8, 4) is 11.5 Å². The lowest BCUT2D eigenvalue weighted by Crippen LogP contribution is -2.00. The van der Waals surface area contributed by atoms with E-state index >= 15 is 0 Å². The maximum Gasteiger partial charge on any atom is 0.339 e. The van der Waals surface area contributed by atoms with Crippen molar-refractivity contribution in [3.05, 3.63) is 58.4 Å². The lowest BCUT2D eigenvalue weighted by Gasteiger charge is -2.11. The minimum Gasteiger partial charge on any atom is -0.478 e. The van der Waals surface area contributed by atoms with Crippen molar-refractivity contribution in [2.24, 2.45) is 0 Å². The molecule has 0 unspecified atom stereocenters. The first-order valence-corrected chi connectivity index (χ1v) is 5.82. The molecule has 0 fully saturated rings. The topological polar surface area (TPSA) is 46.5 Å². The molecule has 0 amide bonds. The van der Waals surface area contributed by atoms with Crippen LogP contribution >= 0.6 is 11.6 Å². The van der Waals surface area contributed by atoms with Gasteiger partial charge in [0.15, 0.2) is 0 Å². The number of rotatable bonds is 3. The first-order valence-electron chi connectivity index (χ1n) is 5.44. The Hall–Kier alpha value is -2.07. The molecule has 0 saturated heterocycles. The minimum atomic E-state index is -1.14. The molecule has 19 heavy (non-hydrogen) atoms. The van der Waals surface area contributed by atoms with E-state index < -0.39 is 11.8 Å². The Morgan fingerprint density at radius 2 is 1.95 bits per heavy atom. The van der Waals surface area contributed by atoms with Gasteiger partial charge in [0.1, 0.15) is 22.9 Å². The zero-order valence-corrected chi connectivity index (χ0v) is 10.7. The highest BCUT2D eigenvalue weighted by Crippen LogP contribution is 2.30. The minimum absolute atomic E-state index is 0.0342. The molecule has 2 aromatic rings. The predicted molar refractivity (Wildman–Crippen MR) is 69.6 cm³/mol. The molecule has 0 aromatic heterocycles. The van der Waals surface area contributed by atoms with Gasteiger partial charge in [-0.2, -0.15) is 0 Å². The van der Waals surface area contributed by atoms with Crippen LogP contribution in [-0.2, 0) is 0 Å². The van der Waals surface area contributed by atoms with Crippen LogP contribution in [0.1, 0.15) is 15.9 Å². The van der Waals surface area contributed by atoms with E-state index in [1.165, 1.54) is 30.3 Å². The van der Waals surface area contributed by atoms with Crippen molar-refractivity contribution >= 4 is 17.6 Å². The van der Waals surface area contributed by atoms with E-state index in [0.29, 0.717) is 10.6 Å². The van der Waals surface area contributed by atoms with Crippen LogP contribution in [0, 0.1) is 12.7 Å². The molecule has 2 rings (SSSR count). The van der Waals surface area contributed by atoms with Crippen molar-refractivity contribution in [2.45, 2.75) is 6.92 Å². The fourth-order valence-corrected chi connectivity index (χ4v) is 1.72. The van der Waals surface area contributed by atoms with E-state index in [9.17, 15) is 9.18 Å². The van der Waals surface area contributed by atoms with E-state index in [1.807, 2.05) is 0 Å². The normalized spacial score (nSPS) is 10.3. The summed E-state index contributed by atoms with van der Waals surface area (Å²) in [5, 5.41) is 9.40. The number of halogens is 2. The van der Waals surface area contributed by atoms with Gasteiger partial charge in [0, 0.05) is 17.2 Å². The van der Waals surface area contributed by atoms with Crippen LogP contribution in [0.2, 0.25) is 5.02 Å². The Morgan fingerprint density at radius 3 is 2.63 bits per heavy atom. The van der Waals surface area contributed by atoms with Crippen LogP contribution in [-0.4, -0.2) is 11.1 Å². The van der Waals surface area contributed by atoms with Gasteiger partial charge in [-0.25, -0.2) is 9.18 Å². The highest BCUT2D eigenvalue weighted by Gasteiger charge is 2.13. The Balaban J connectivity index is 2.45. The zero-order chi connectivity index (χ0) is 14.0. The van der Waals surface area contributed by atoms with Crippen LogP contribution in [0.5, 0.6) is 11.5 Å². The van der Waals surface area contributed by atoms with Crippen LogP contribution < -0.4 is 4.74 Å². The molecule has 98 valence electrons. The molecule has 0 spiro atoms. The lowest BCUT2D eigenvalue weighted by atomic mass is 10.2. The summed E-state index contributed by atoms with van der Waals surface area (Å²) in [6.45, 7) is 1.74. The predicted octanol–water partition coefficient (Wildman–Crippen LogP) is 4.28. The number of aromatic carboxylic acids is 1. The van der Waals surface area contributed by atoms with E-state index in [4.69, 9.17) is 21.4 Å². The highest BCUT2D eigenvalue weighted by molar-refractivity contribution is 6.30. The summed E-state index contributed by atoms with van der Waals surface area (Å²) in [6, 6.07) is 8.23. The monoisotopic (exact) mass is 280 g/mol. The molecule has 0 radical (unpaired) electrons. The Bertz CT molecular complexity index is 641. The number of ether oxygens (including phenoxy) is 1. The van der Waals surface area contributed by atoms with Gasteiger partial charge in [-0.15, -0.1) is 0 Å². The second-order valence-corrected chi connectivity index (χ2v) is 4.39. The molecule has 2 aromatic carbocycles. The standard InChI is InChI=1S/C14H10ClFO3/c1-8-2-4-10(16)7-12(8)19-13-6-9(15)3-5-11(13)14(17)18/h2-7H,1H3,(H,17,18). The number of carboxylic acids is 1. The van der Waals surface area contributed by atoms with Gasteiger partial charge >= 0.3 is 5.97 Å². The summed E-state index contributed by atoms with van der Waals surface area (Å²) >= 11 is 5.81. The van der Waals surface area contributed by atoms with Gasteiger partial charge in [-0.1, -0.05) is 17.7 Å². The summed E-state index contributed by atoms with van der Waals surface area (Å²) in [4.78, 5) is 11.1. The van der Waals surface area contributed by atoms with Crippen molar-refractivity contribution in [2.75, 3.05) is 0 Å². The quantitative estimate of drug-likeness (QED) is 0.913. The number of carbonyl (C=O) groups is 1. The summed E-state index contributed by atoms with van der Waals surface area (Å²) in [7, 11) is 0. The molecule has 0 aliphatic carbocycles. The smallest absolute Gasteiger partial charge is 0.339 e. The summed E-state index contributed by atoms with van der Waals surface area (Å²) in [5.74, 6) is -1.27. The third kappa shape index (κ3) is 3.03. The molecular weight excluding hydrogens is 271 g/mol. The van der Waals surface area contributed by atoms with Gasteiger partial charge in [-0.3, -0.25) is 0 Å². The molecule has 0 aliphatic rings. The first kappa shape index (κ1) is 13.4. The highest BCUT2D eigenvalue weighted by atomic mass is 35.5. The third-order valence-corrected chi connectivity index (χ3v) is 2.78. The van der Waals surface area contributed by atoms with Gasteiger partial charge in [-0.05, 0) is 30.7 Å². The van der Waals surface area contributed by atoms with Crippen LogP contribution in [0.25, 0.3) is 0 Å². The largest absolute Gasteiger partial charge is 0.478 e. The van der Waals surface area contributed by atoms with E-state index in [1.54, 1.807) is 13.0 Å². The molecule has 0 aliphatic heterocycles. The Morgan fingerprint density at radius 1 is 1.21 bits per heavy atom. The van der Waals surface area contributed by atoms with E-state index in [2.05, 4.69) is 0 Å². The number of hydrogen-bond acceptors (Lipinski definition) is 2. The van der Waals surface area contributed by atoms with Crippen LogP contribution in [0.4, 0.5) is 4.39 Å². The summed E-state index contributed by atoms with van der Waals surface area (Å²) < 4.78 is 18.6. The summed E-state index contributed by atoms with van der Waals surface area (Å²) in [5.41, 5.74) is 0.658. The number of hydrogen-bond donors (Lipinski definition) is 1. The molecule has 5 heteroatoms. The molecule has 3 nitrogen and oxygen atoms in total. The van der Waals surface area contributed by atoms with Gasteiger partial charge < -0.3 is 9.84 Å². The molecule has 0 saturated carbocycles. The first-order chi connectivity index (χ1) is 8.97. The van der Waals surface area contributed by atoms with Crippen molar-refractivity contribution in [3.63, 3.8) is 0 Å². The fourth-order valence-electron chi connectivity index (χ4n) is 1.56. The third-order valence-electron chi connectivity index (χ3n) is 2.54. The van der Waals surface area contributed by atoms with Gasteiger partial charge in [0.25, 0.3) is 0 Å². The number of carboxylic acid groups (broad SMARTS) is 1. The molecule has 0 atom stereocenters. The van der Waals surface area contributed by atoms with Gasteiger partial charge in [0.2, 0.25) is 0 Å². The SMILES string of the molecule is Cc1ccc(F)cc1Oc1cc(Cl)ccc1C(=O)O. The molecule has 0 heterocycles. The maximum atomic E-state index is 13.2. The summed E-state index contributed by atoms with van der Waals surface area (Å²) in [6.07, 6.45) is 0. The lowest BCUT2D eigenvalue weighted by molar-refractivity contribution is 0.0694. The van der Waals surface area contributed by atoms with Crippen LogP contribution in [0.15, 0.2) is 36.4 Å². The molecular formula is C14H10ClFO3. The maximum absolute atomic E-state index is 13.2. The van der Waals surface area contributed by atoms with Crippen LogP contribution in [0.3, 0.4) is 0 Å². The Labute approximate surface area is 114 Å². The van der Waals surface area contributed by atoms with Gasteiger partial charge in [0.05, 0.1) is 0 Å². The molecule has 1 N–H and O–H groups in total.